The summed E-state index contributed by atoms with van der Waals surface area (Å²) in [5.74, 6) is 0. The average Bonchev–Trinajstić information content (AvgIpc) is 2.49. The molecule has 0 heterocycles. The Kier molecular flexibility index (Phi) is 4.14. The van der Waals surface area contributed by atoms with E-state index >= 15 is 0 Å². The molecule has 0 amide bonds. The first-order valence-electron chi connectivity index (χ1n) is 6.75. The zero-order valence-electron chi connectivity index (χ0n) is 11.1. The van der Waals surface area contributed by atoms with Crippen LogP contribution in [0.25, 0.3) is 10.8 Å². The predicted octanol–water partition coefficient (Wildman–Crippen LogP) is 4.89. The topological polar surface area (TPSA) is 12.0 Å². The maximum absolute atomic E-state index is 3.58. The monoisotopic (exact) mass is 325 g/mol. The predicted molar refractivity (Wildman–Crippen MR) is 88.6 cm³/mol. The first kappa shape index (κ1) is 13.3. The Balaban J connectivity index is 1.67. The second kappa shape index (κ2) is 6.21. The number of halogens is 1. The molecule has 20 heavy (non-hydrogen) atoms. The van der Waals surface area contributed by atoms with Crippen LogP contribution in [0, 0.1) is 0 Å². The van der Waals surface area contributed by atoms with E-state index < -0.39 is 0 Å². The van der Waals surface area contributed by atoms with E-state index in [1.165, 1.54) is 21.9 Å². The summed E-state index contributed by atoms with van der Waals surface area (Å²) in [6.07, 6.45) is 0. The van der Waals surface area contributed by atoms with Crippen molar-refractivity contribution in [2.24, 2.45) is 0 Å². The summed E-state index contributed by atoms with van der Waals surface area (Å²) in [7, 11) is 0. The SMILES string of the molecule is Brc1ccccc1CNCc1ccc2ccccc2c1. The Morgan fingerprint density at radius 2 is 1.50 bits per heavy atom. The van der Waals surface area contributed by atoms with Crippen molar-refractivity contribution < 1.29 is 0 Å². The third-order valence-electron chi connectivity index (χ3n) is 3.42. The van der Waals surface area contributed by atoms with Crippen molar-refractivity contribution in [1.82, 2.24) is 5.32 Å². The van der Waals surface area contributed by atoms with Crippen LogP contribution >= 0.6 is 15.9 Å². The highest BCUT2D eigenvalue weighted by Gasteiger charge is 1.99. The van der Waals surface area contributed by atoms with Gasteiger partial charge in [-0.05, 0) is 34.0 Å². The van der Waals surface area contributed by atoms with Crippen LogP contribution in [-0.2, 0) is 13.1 Å². The van der Waals surface area contributed by atoms with Gasteiger partial charge < -0.3 is 5.32 Å². The summed E-state index contributed by atoms with van der Waals surface area (Å²) < 4.78 is 1.16. The van der Waals surface area contributed by atoms with Gasteiger partial charge in [-0.15, -0.1) is 0 Å². The Labute approximate surface area is 127 Å². The number of fused-ring (bicyclic) bond motifs is 1. The van der Waals surface area contributed by atoms with Gasteiger partial charge in [0.05, 0.1) is 0 Å². The lowest BCUT2D eigenvalue weighted by Gasteiger charge is -2.08. The fourth-order valence-electron chi connectivity index (χ4n) is 2.33. The smallest absolute Gasteiger partial charge is 0.0220 e. The third kappa shape index (κ3) is 3.09. The molecule has 0 aliphatic heterocycles. The molecule has 0 fully saturated rings. The van der Waals surface area contributed by atoms with Gasteiger partial charge in [-0.25, -0.2) is 0 Å². The number of benzene rings is 3. The lowest BCUT2D eigenvalue weighted by atomic mass is 10.1. The van der Waals surface area contributed by atoms with E-state index in [-0.39, 0.29) is 0 Å². The maximum atomic E-state index is 3.58. The van der Waals surface area contributed by atoms with Crippen molar-refractivity contribution in [3.63, 3.8) is 0 Å². The molecule has 0 aliphatic carbocycles. The number of hydrogen-bond donors (Lipinski definition) is 1. The summed E-state index contributed by atoms with van der Waals surface area (Å²) in [5.41, 5.74) is 2.60. The van der Waals surface area contributed by atoms with Crippen LogP contribution in [0.15, 0.2) is 71.2 Å². The first-order chi connectivity index (χ1) is 9.83. The quantitative estimate of drug-likeness (QED) is 0.720. The minimum Gasteiger partial charge on any atom is -0.309 e. The molecule has 0 aromatic heterocycles. The van der Waals surface area contributed by atoms with Gasteiger partial charge in [0.15, 0.2) is 0 Å². The van der Waals surface area contributed by atoms with E-state index in [4.69, 9.17) is 0 Å². The van der Waals surface area contributed by atoms with Crippen molar-refractivity contribution in [2.75, 3.05) is 0 Å². The number of hydrogen-bond acceptors (Lipinski definition) is 1. The second-order valence-electron chi connectivity index (χ2n) is 4.88. The van der Waals surface area contributed by atoms with Crippen LogP contribution in [-0.4, -0.2) is 0 Å². The largest absolute Gasteiger partial charge is 0.309 e. The fourth-order valence-corrected chi connectivity index (χ4v) is 2.76. The van der Waals surface area contributed by atoms with Gasteiger partial charge in [0.1, 0.15) is 0 Å². The number of rotatable bonds is 4. The van der Waals surface area contributed by atoms with Crippen molar-refractivity contribution in [2.45, 2.75) is 13.1 Å². The Morgan fingerprint density at radius 1 is 0.750 bits per heavy atom. The highest BCUT2D eigenvalue weighted by atomic mass is 79.9. The molecule has 3 aromatic rings. The molecule has 0 radical (unpaired) electrons. The van der Waals surface area contributed by atoms with Crippen LogP contribution < -0.4 is 5.32 Å². The van der Waals surface area contributed by atoms with Crippen LogP contribution in [0.2, 0.25) is 0 Å². The van der Waals surface area contributed by atoms with Crippen LogP contribution in [0.1, 0.15) is 11.1 Å². The van der Waals surface area contributed by atoms with Gasteiger partial charge in [0, 0.05) is 17.6 Å². The van der Waals surface area contributed by atoms with Crippen LogP contribution in [0.4, 0.5) is 0 Å². The summed E-state index contributed by atoms with van der Waals surface area (Å²) in [5, 5.41) is 6.09. The average molecular weight is 326 g/mol. The fraction of sp³-hybridized carbons (Fsp3) is 0.111. The Morgan fingerprint density at radius 3 is 2.35 bits per heavy atom. The molecule has 1 nitrogen and oxygen atoms in total. The standard InChI is InChI=1S/C18H16BrN/c19-18-8-4-3-7-17(18)13-20-12-14-9-10-15-5-1-2-6-16(15)11-14/h1-11,20H,12-13H2. The van der Waals surface area contributed by atoms with Crippen molar-refractivity contribution >= 4 is 26.7 Å². The van der Waals surface area contributed by atoms with Gasteiger partial charge >= 0.3 is 0 Å². The molecule has 3 aromatic carbocycles. The van der Waals surface area contributed by atoms with E-state index in [1.54, 1.807) is 0 Å². The van der Waals surface area contributed by atoms with E-state index in [9.17, 15) is 0 Å². The van der Waals surface area contributed by atoms with Gasteiger partial charge in [0.25, 0.3) is 0 Å². The van der Waals surface area contributed by atoms with Gasteiger partial charge in [-0.3, -0.25) is 0 Å². The Bertz CT molecular complexity index is 721. The van der Waals surface area contributed by atoms with Gasteiger partial charge in [-0.1, -0.05) is 70.5 Å². The van der Waals surface area contributed by atoms with E-state index in [0.29, 0.717) is 0 Å². The Hall–Kier alpha value is -1.64. The normalized spacial score (nSPS) is 10.8. The minimum atomic E-state index is 0.869. The molecule has 0 atom stereocenters. The van der Waals surface area contributed by atoms with Crippen LogP contribution in [0.5, 0.6) is 0 Å². The first-order valence-corrected chi connectivity index (χ1v) is 7.54. The zero-order valence-corrected chi connectivity index (χ0v) is 12.7. The summed E-state index contributed by atoms with van der Waals surface area (Å²) >= 11 is 3.58. The maximum Gasteiger partial charge on any atom is 0.0220 e. The lowest BCUT2D eigenvalue weighted by molar-refractivity contribution is 0.692. The zero-order chi connectivity index (χ0) is 13.8. The van der Waals surface area contributed by atoms with Crippen molar-refractivity contribution in [1.29, 1.82) is 0 Å². The van der Waals surface area contributed by atoms with E-state index in [2.05, 4.69) is 81.9 Å². The molecule has 3 rings (SSSR count). The lowest BCUT2D eigenvalue weighted by Crippen LogP contribution is -2.12. The molecule has 0 saturated heterocycles. The highest BCUT2D eigenvalue weighted by molar-refractivity contribution is 9.10. The summed E-state index contributed by atoms with van der Waals surface area (Å²) in [4.78, 5) is 0. The molecule has 2 heteroatoms. The second-order valence-corrected chi connectivity index (χ2v) is 5.73. The molecule has 100 valence electrons. The highest BCUT2D eigenvalue weighted by Crippen LogP contribution is 2.17. The summed E-state index contributed by atoms with van der Waals surface area (Å²) in [6, 6.07) is 23.4. The van der Waals surface area contributed by atoms with Crippen molar-refractivity contribution in [3.8, 4) is 0 Å². The molecular weight excluding hydrogens is 310 g/mol. The molecule has 0 aliphatic rings. The molecule has 1 N–H and O–H groups in total. The van der Waals surface area contributed by atoms with Crippen LogP contribution in [0.3, 0.4) is 0 Å². The molecule has 0 saturated carbocycles. The molecular formula is C18H16BrN. The van der Waals surface area contributed by atoms with E-state index in [0.717, 1.165) is 17.6 Å². The molecule has 0 bridgehead atoms. The number of nitrogens with one attached hydrogen (secondary N) is 1. The van der Waals surface area contributed by atoms with E-state index in [1.807, 2.05) is 6.07 Å². The minimum absolute atomic E-state index is 0.869. The molecule has 0 unspecified atom stereocenters. The molecule has 0 spiro atoms. The van der Waals surface area contributed by atoms with Gasteiger partial charge in [-0.2, -0.15) is 0 Å². The third-order valence-corrected chi connectivity index (χ3v) is 4.19. The summed E-state index contributed by atoms with van der Waals surface area (Å²) in [6.45, 7) is 1.75. The van der Waals surface area contributed by atoms with Gasteiger partial charge in [0.2, 0.25) is 0 Å². The van der Waals surface area contributed by atoms with Crippen molar-refractivity contribution in [3.05, 3.63) is 82.3 Å².